The Morgan fingerprint density at radius 1 is 1.37 bits per heavy atom. The molecular weight excluding hydrogens is 486 g/mol. The number of aliphatic hydroxyl groups excluding tert-OH is 2. The highest BCUT2D eigenvalue weighted by Gasteiger charge is 2.40. The number of aliphatic hydroxyl groups is 2. The number of aromatic amines is 1. The van der Waals surface area contributed by atoms with Gasteiger partial charge in [0.1, 0.15) is 36.2 Å². The highest BCUT2D eigenvalue weighted by atomic mass is 35.5. The van der Waals surface area contributed by atoms with Crippen LogP contribution in [0.4, 0.5) is 14.6 Å². The molecule has 4 rings (SSSR count). The molecule has 0 unspecified atom stereocenters. The summed E-state index contributed by atoms with van der Waals surface area (Å²) < 4.78 is 32.8. The minimum atomic E-state index is -1.32. The normalized spacial score (nSPS) is 27.9. The number of halogens is 3. The van der Waals surface area contributed by atoms with Crippen LogP contribution in [-0.4, -0.2) is 91.4 Å². The van der Waals surface area contributed by atoms with Gasteiger partial charge in [-0.15, -0.1) is 0 Å². The van der Waals surface area contributed by atoms with Crippen LogP contribution in [0.2, 0.25) is 0 Å². The maximum atomic E-state index is 14.4. The van der Waals surface area contributed by atoms with Crippen molar-refractivity contribution < 1.29 is 28.5 Å². The molecule has 1 amide bonds. The molecule has 0 saturated carbocycles. The van der Waals surface area contributed by atoms with E-state index in [1.165, 1.54) is 24.2 Å². The molecular formula is C22H25ClF2N6O4. The number of anilines is 1. The van der Waals surface area contributed by atoms with Crippen LogP contribution in [0.1, 0.15) is 23.8 Å². The number of hydrogen-bond acceptors (Lipinski definition) is 8. The third-order valence-corrected chi connectivity index (χ3v) is 6.33. The van der Waals surface area contributed by atoms with E-state index in [-0.39, 0.29) is 59.3 Å². The number of H-pyrrole nitrogens is 1. The summed E-state index contributed by atoms with van der Waals surface area (Å²) in [5, 5.41) is 30.2. The van der Waals surface area contributed by atoms with Crippen LogP contribution in [0.5, 0.6) is 0 Å². The molecule has 5 atom stereocenters. The Labute approximate surface area is 204 Å². The summed E-state index contributed by atoms with van der Waals surface area (Å²) in [4.78, 5) is 23.1. The van der Waals surface area contributed by atoms with Crippen molar-refractivity contribution in [3.05, 3.63) is 47.2 Å². The lowest BCUT2D eigenvalue weighted by atomic mass is 10.0. The Balaban J connectivity index is 1.64. The molecule has 2 fully saturated rings. The molecule has 0 bridgehead atoms. The summed E-state index contributed by atoms with van der Waals surface area (Å²) in [5.74, 6) is -0.871. The smallest absolute Gasteiger partial charge is 0.273 e. The van der Waals surface area contributed by atoms with Crippen LogP contribution in [-0.2, 0) is 4.74 Å². The monoisotopic (exact) mass is 510 g/mol. The van der Waals surface area contributed by atoms with Crippen LogP contribution >= 0.6 is 11.6 Å². The molecule has 4 heterocycles. The van der Waals surface area contributed by atoms with Gasteiger partial charge in [-0.25, -0.2) is 18.7 Å². The second-order valence-electron chi connectivity index (χ2n) is 8.47. The van der Waals surface area contributed by atoms with Gasteiger partial charge in [0, 0.05) is 11.5 Å². The second kappa shape index (κ2) is 10.4. The number of carbonyl (C=O) groups excluding carboxylic acids is 1. The number of allylic oxidation sites excluding steroid dienone is 3. The van der Waals surface area contributed by atoms with Crippen molar-refractivity contribution in [2.24, 2.45) is 0 Å². The van der Waals surface area contributed by atoms with Gasteiger partial charge < -0.3 is 25.2 Å². The quantitative estimate of drug-likeness (QED) is 0.433. The molecule has 2 saturated heterocycles. The minimum Gasteiger partial charge on any atom is -0.388 e. The highest BCUT2D eigenvalue weighted by molar-refractivity contribution is 6.32. The first-order chi connectivity index (χ1) is 16.7. The SMILES string of the molecule is C=C(/C(Cl)=C\C=C(/C)F)[C@H]1C[C@H](F)CN1C(=O)c1[nH]nc2ncnc(N[C@@H]3COC[C@@H](O)[C@H]3O)c12. The maximum Gasteiger partial charge on any atom is 0.273 e. The van der Waals surface area contributed by atoms with E-state index in [0.717, 1.165) is 6.08 Å². The first-order valence-corrected chi connectivity index (χ1v) is 11.3. The van der Waals surface area contributed by atoms with Gasteiger partial charge in [0.25, 0.3) is 5.91 Å². The zero-order valence-corrected chi connectivity index (χ0v) is 19.5. The number of ether oxygens (including phenoxy) is 1. The van der Waals surface area contributed by atoms with Gasteiger partial charge in [-0.05, 0) is 24.6 Å². The number of amides is 1. The summed E-state index contributed by atoms with van der Waals surface area (Å²) in [7, 11) is 0. The number of hydrogen-bond donors (Lipinski definition) is 4. The van der Waals surface area contributed by atoms with Crippen molar-refractivity contribution in [3.8, 4) is 0 Å². The van der Waals surface area contributed by atoms with Crippen molar-refractivity contribution in [2.45, 2.75) is 43.8 Å². The van der Waals surface area contributed by atoms with Gasteiger partial charge in [0.05, 0.1) is 43.1 Å². The summed E-state index contributed by atoms with van der Waals surface area (Å²) in [6.45, 7) is 5.04. The van der Waals surface area contributed by atoms with Crippen molar-refractivity contribution in [2.75, 3.05) is 25.1 Å². The van der Waals surface area contributed by atoms with Crippen molar-refractivity contribution in [3.63, 3.8) is 0 Å². The number of nitrogens with zero attached hydrogens (tertiary/aromatic N) is 4. The topological polar surface area (TPSA) is 136 Å². The van der Waals surface area contributed by atoms with Crippen molar-refractivity contribution in [1.29, 1.82) is 0 Å². The molecule has 188 valence electrons. The van der Waals surface area contributed by atoms with E-state index in [9.17, 15) is 23.8 Å². The standard InChI is InChI=1S/C22H25ClF2N6O4/c1-10(24)3-4-13(23)11(2)15-5-12(25)6-31(15)22(34)18-17-20(26-9-27-21(17)30-29-18)28-14-7-35-8-16(32)19(14)33/h3-4,9,12,14-16,19,32-33H,2,5-8H2,1H3,(H2,26,27,28,29,30)/b10-3+,13-4+/t12-,14+,15+,16+,19-/m0/s1. The van der Waals surface area contributed by atoms with Gasteiger partial charge >= 0.3 is 0 Å². The average molecular weight is 511 g/mol. The van der Waals surface area contributed by atoms with E-state index >= 15 is 0 Å². The van der Waals surface area contributed by atoms with Gasteiger partial charge in [-0.1, -0.05) is 18.2 Å². The number of rotatable bonds is 6. The van der Waals surface area contributed by atoms with E-state index < -0.39 is 42.2 Å². The number of likely N-dealkylation sites (tertiary alicyclic amines) is 1. The third-order valence-electron chi connectivity index (χ3n) is 5.96. The molecule has 4 N–H and O–H groups in total. The lowest BCUT2D eigenvalue weighted by Crippen LogP contribution is -2.51. The summed E-state index contributed by atoms with van der Waals surface area (Å²) in [5.41, 5.74) is 0.444. The molecule has 10 nitrogen and oxygen atoms in total. The lowest BCUT2D eigenvalue weighted by molar-refractivity contribution is -0.0923. The number of carbonyl (C=O) groups is 1. The molecule has 2 aliphatic heterocycles. The number of alkyl halides is 1. The zero-order valence-electron chi connectivity index (χ0n) is 18.8. The molecule has 2 aliphatic rings. The second-order valence-corrected chi connectivity index (χ2v) is 8.87. The molecule has 0 aliphatic carbocycles. The van der Waals surface area contributed by atoms with Gasteiger partial charge in [0.15, 0.2) is 5.65 Å². The first-order valence-electron chi connectivity index (χ1n) is 10.9. The Kier molecular flexibility index (Phi) is 7.45. The number of aromatic nitrogens is 4. The van der Waals surface area contributed by atoms with Crippen LogP contribution in [0.25, 0.3) is 11.0 Å². The largest absolute Gasteiger partial charge is 0.388 e. The van der Waals surface area contributed by atoms with E-state index in [2.05, 4.69) is 32.1 Å². The molecule has 2 aromatic heterocycles. The Morgan fingerprint density at radius 2 is 2.14 bits per heavy atom. The summed E-state index contributed by atoms with van der Waals surface area (Å²) in [6, 6.07) is -1.47. The average Bonchev–Trinajstić information content (AvgIpc) is 3.44. The highest BCUT2D eigenvalue weighted by Crippen LogP contribution is 2.33. The van der Waals surface area contributed by atoms with Crippen molar-refractivity contribution in [1.82, 2.24) is 25.1 Å². The Morgan fingerprint density at radius 3 is 2.89 bits per heavy atom. The molecule has 0 radical (unpaired) electrons. The molecule has 0 spiro atoms. The maximum absolute atomic E-state index is 14.4. The third kappa shape index (κ3) is 5.20. The predicted octanol–water partition coefficient (Wildman–Crippen LogP) is 1.99. The lowest BCUT2D eigenvalue weighted by Gasteiger charge is -2.32. The van der Waals surface area contributed by atoms with E-state index in [1.54, 1.807) is 0 Å². The molecule has 13 heteroatoms. The fourth-order valence-corrected chi connectivity index (χ4v) is 4.33. The molecule has 35 heavy (non-hydrogen) atoms. The minimum absolute atomic E-state index is 0.00127. The summed E-state index contributed by atoms with van der Waals surface area (Å²) in [6.07, 6.45) is 0.132. The van der Waals surface area contributed by atoms with Gasteiger partial charge in [-0.2, -0.15) is 5.10 Å². The Hall–Kier alpha value is -2.93. The first kappa shape index (κ1) is 25.2. The fraction of sp³-hybridized carbons (Fsp3) is 0.455. The van der Waals surface area contributed by atoms with Gasteiger partial charge in [-0.3, -0.25) is 9.89 Å². The molecule has 0 aromatic carbocycles. The van der Waals surface area contributed by atoms with E-state index in [1.807, 2.05) is 0 Å². The van der Waals surface area contributed by atoms with Crippen molar-refractivity contribution >= 4 is 34.4 Å². The van der Waals surface area contributed by atoms with E-state index in [0.29, 0.717) is 0 Å². The van der Waals surface area contributed by atoms with Crippen LogP contribution in [0.15, 0.2) is 41.5 Å². The van der Waals surface area contributed by atoms with E-state index in [4.69, 9.17) is 16.3 Å². The van der Waals surface area contributed by atoms with Crippen LogP contribution in [0, 0.1) is 0 Å². The fourth-order valence-electron chi connectivity index (χ4n) is 4.14. The number of nitrogens with one attached hydrogen (secondary N) is 2. The molecule has 2 aromatic rings. The van der Waals surface area contributed by atoms with Crippen LogP contribution < -0.4 is 5.32 Å². The Bertz CT molecular complexity index is 1180. The number of fused-ring (bicyclic) bond motifs is 1. The van der Waals surface area contributed by atoms with Crippen LogP contribution in [0.3, 0.4) is 0 Å². The van der Waals surface area contributed by atoms with Gasteiger partial charge in [0.2, 0.25) is 0 Å². The predicted molar refractivity (Wildman–Crippen MR) is 124 cm³/mol. The summed E-state index contributed by atoms with van der Waals surface area (Å²) >= 11 is 6.24. The zero-order chi connectivity index (χ0) is 25.3.